The van der Waals surface area contributed by atoms with Crippen LogP contribution < -0.4 is 5.32 Å². The van der Waals surface area contributed by atoms with Gasteiger partial charge in [-0.25, -0.2) is 0 Å². The van der Waals surface area contributed by atoms with Gasteiger partial charge in [0.25, 0.3) is 0 Å². The van der Waals surface area contributed by atoms with Crippen LogP contribution in [0.4, 0.5) is 0 Å². The quantitative estimate of drug-likeness (QED) is 0.673. The first-order valence-corrected chi connectivity index (χ1v) is 4.65. The van der Waals surface area contributed by atoms with Crippen molar-refractivity contribution >= 4 is 5.78 Å². The summed E-state index contributed by atoms with van der Waals surface area (Å²) in [4.78, 5) is 11.4. The molecule has 0 aromatic heterocycles. The Morgan fingerprint density at radius 3 is 2.75 bits per heavy atom. The number of piperidine rings is 1. The molecule has 1 saturated heterocycles. The molecule has 3 heteroatoms. The van der Waals surface area contributed by atoms with E-state index < -0.39 is 0 Å². The standard InChI is InChI=1S/C9H17NO2/c1-2-12-7-9(11)8-3-5-10-6-4-8/h8,10H,2-7H2,1H3. The molecule has 0 radical (unpaired) electrons. The third-order valence-corrected chi connectivity index (χ3v) is 2.24. The van der Waals surface area contributed by atoms with Crippen molar-refractivity contribution in [2.45, 2.75) is 19.8 Å². The summed E-state index contributed by atoms with van der Waals surface area (Å²) >= 11 is 0. The van der Waals surface area contributed by atoms with Gasteiger partial charge in [0.1, 0.15) is 6.61 Å². The molecule has 70 valence electrons. The summed E-state index contributed by atoms with van der Waals surface area (Å²) in [5, 5.41) is 3.23. The van der Waals surface area contributed by atoms with E-state index in [2.05, 4.69) is 5.32 Å². The number of carbonyl (C=O) groups is 1. The van der Waals surface area contributed by atoms with Crippen molar-refractivity contribution in [1.29, 1.82) is 0 Å². The summed E-state index contributed by atoms with van der Waals surface area (Å²) in [7, 11) is 0. The Morgan fingerprint density at radius 1 is 1.50 bits per heavy atom. The minimum atomic E-state index is 0.248. The summed E-state index contributed by atoms with van der Waals surface area (Å²) in [6.45, 7) is 4.80. The minimum absolute atomic E-state index is 0.248. The van der Waals surface area contributed by atoms with E-state index in [0.29, 0.717) is 13.2 Å². The van der Waals surface area contributed by atoms with Crippen molar-refractivity contribution in [3.05, 3.63) is 0 Å². The Labute approximate surface area is 73.5 Å². The van der Waals surface area contributed by atoms with Crippen LogP contribution in [-0.4, -0.2) is 32.1 Å². The molecule has 0 aliphatic carbocycles. The Bertz CT molecular complexity index is 141. The van der Waals surface area contributed by atoms with Gasteiger partial charge in [0.15, 0.2) is 5.78 Å². The van der Waals surface area contributed by atoms with E-state index in [9.17, 15) is 4.79 Å². The van der Waals surface area contributed by atoms with Crippen molar-refractivity contribution in [2.75, 3.05) is 26.3 Å². The molecule has 1 rings (SSSR count). The number of nitrogens with one attached hydrogen (secondary N) is 1. The molecule has 3 nitrogen and oxygen atoms in total. The molecular weight excluding hydrogens is 154 g/mol. The van der Waals surface area contributed by atoms with Gasteiger partial charge < -0.3 is 10.1 Å². The molecule has 0 unspecified atom stereocenters. The Kier molecular flexibility index (Phi) is 4.25. The number of rotatable bonds is 4. The van der Waals surface area contributed by atoms with Crippen molar-refractivity contribution in [1.82, 2.24) is 5.32 Å². The molecular formula is C9H17NO2. The first kappa shape index (κ1) is 9.68. The van der Waals surface area contributed by atoms with Crippen LogP contribution in [0.1, 0.15) is 19.8 Å². The number of hydrogen-bond donors (Lipinski definition) is 1. The van der Waals surface area contributed by atoms with Crippen LogP contribution in [0, 0.1) is 5.92 Å². The van der Waals surface area contributed by atoms with Gasteiger partial charge in [0, 0.05) is 12.5 Å². The van der Waals surface area contributed by atoms with Crippen LogP contribution in [0.3, 0.4) is 0 Å². The molecule has 0 bridgehead atoms. The zero-order valence-corrected chi connectivity index (χ0v) is 7.64. The fourth-order valence-corrected chi connectivity index (χ4v) is 1.46. The maximum Gasteiger partial charge on any atom is 0.161 e. The number of ketones is 1. The lowest BCUT2D eigenvalue weighted by molar-refractivity contribution is -0.128. The molecule has 0 spiro atoms. The molecule has 1 N–H and O–H groups in total. The summed E-state index contributed by atoms with van der Waals surface area (Å²) in [5.74, 6) is 0.524. The third kappa shape index (κ3) is 2.91. The molecule has 1 aliphatic rings. The highest BCUT2D eigenvalue weighted by atomic mass is 16.5. The second kappa shape index (κ2) is 5.27. The maximum absolute atomic E-state index is 11.4. The first-order valence-electron chi connectivity index (χ1n) is 4.65. The van der Waals surface area contributed by atoms with Gasteiger partial charge in [0.05, 0.1) is 0 Å². The summed E-state index contributed by atoms with van der Waals surface area (Å²) in [6, 6.07) is 0. The highest BCUT2D eigenvalue weighted by molar-refractivity contribution is 5.82. The second-order valence-electron chi connectivity index (χ2n) is 3.13. The van der Waals surface area contributed by atoms with E-state index in [0.717, 1.165) is 25.9 Å². The van der Waals surface area contributed by atoms with Crippen molar-refractivity contribution in [3.8, 4) is 0 Å². The predicted octanol–water partition coefficient (Wildman–Crippen LogP) is 0.592. The maximum atomic E-state index is 11.4. The SMILES string of the molecule is CCOCC(=O)C1CCNCC1. The van der Waals surface area contributed by atoms with Gasteiger partial charge in [-0.3, -0.25) is 4.79 Å². The normalized spacial score (nSPS) is 19.4. The highest BCUT2D eigenvalue weighted by Crippen LogP contribution is 2.12. The topological polar surface area (TPSA) is 38.3 Å². The largest absolute Gasteiger partial charge is 0.374 e. The summed E-state index contributed by atoms with van der Waals surface area (Å²) in [6.07, 6.45) is 1.96. The van der Waals surface area contributed by atoms with Crippen LogP contribution in [0.5, 0.6) is 0 Å². The van der Waals surface area contributed by atoms with Crippen LogP contribution >= 0.6 is 0 Å². The summed E-state index contributed by atoms with van der Waals surface area (Å²) < 4.78 is 5.08. The van der Waals surface area contributed by atoms with E-state index >= 15 is 0 Å². The predicted molar refractivity (Wildman–Crippen MR) is 47.1 cm³/mol. The van der Waals surface area contributed by atoms with Crippen LogP contribution in [0.25, 0.3) is 0 Å². The van der Waals surface area contributed by atoms with E-state index in [1.54, 1.807) is 0 Å². The molecule has 1 fully saturated rings. The van der Waals surface area contributed by atoms with E-state index in [-0.39, 0.29) is 11.7 Å². The third-order valence-electron chi connectivity index (χ3n) is 2.24. The molecule has 12 heavy (non-hydrogen) atoms. The second-order valence-corrected chi connectivity index (χ2v) is 3.13. The average Bonchev–Trinajstić information content (AvgIpc) is 2.15. The Morgan fingerprint density at radius 2 is 2.17 bits per heavy atom. The first-order chi connectivity index (χ1) is 5.84. The molecule has 1 heterocycles. The number of ether oxygens (including phenoxy) is 1. The summed E-state index contributed by atoms with van der Waals surface area (Å²) in [5.41, 5.74) is 0. The zero-order valence-electron chi connectivity index (χ0n) is 7.64. The Hall–Kier alpha value is -0.410. The van der Waals surface area contributed by atoms with Crippen molar-refractivity contribution in [3.63, 3.8) is 0 Å². The van der Waals surface area contributed by atoms with Crippen molar-refractivity contribution in [2.24, 2.45) is 5.92 Å². The number of Topliss-reactive ketones (excluding diaryl/α,β-unsaturated/α-hetero) is 1. The number of hydrogen-bond acceptors (Lipinski definition) is 3. The highest BCUT2D eigenvalue weighted by Gasteiger charge is 2.20. The molecule has 0 atom stereocenters. The van der Waals surface area contributed by atoms with E-state index in [4.69, 9.17) is 4.74 Å². The van der Waals surface area contributed by atoms with Gasteiger partial charge in [-0.2, -0.15) is 0 Å². The van der Waals surface area contributed by atoms with Crippen LogP contribution in [0.2, 0.25) is 0 Å². The smallest absolute Gasteiger partial charge is 0.161 e. The number of carbonyl (C=O) groups excluding carboxylic acids is 1. The van der Waals surface area contributed by atoms with Crippen LogP contribution in [0.15, 0.2) is 0 Å². The van der Waals surface area contributed by atoms with Crippen LogP contribution in [-0.2, 0) is 9.53 Å². The Balaban J connectivity index is 2.20. The van der Waals surface area contributed by atoms with Gasteiger partial charge in [0.2, 0.25) is 0 Å². The fourth-order valence-electron chi connectivity index (χ4n) is 1.46. The minimum Gasteiger partial charge on any atom is -0.374 e. The molecule has 0 amide bonds. The zero-order chi connectivity index (χ0) is 8.81. The fraction of sp³-hybridized carbons (Fsp3) is 0.889. The van der Waals surface area contributed by atoms with Gasteiger partial charge in [-0.05, 0) is 32.9 Å². The van der Waals surface area contributed by atoms with E-state index in [1.807, 2.05) is 6.92 Å². The monoisotopic (exact) mass is 171 g/mol. The van der Waals surface area contributed by atoms with E-state index in [1.165, 1.54) is 0 Å². The lowest BCUT2D eigenvalue weighted by Gasteiger charge is -2.20. The molecule has 0 saturated carbocycles. The van der Waals surface area contributed by atoms with Gasteiger partial charge in [-0.1, -0.05) is 0 Å². The van der Waals surface area contributed by atoms with Gasteiger partial charge >= 0.3 is 0 Å². The molecule has 0 aromatic carbocycles. The average molecular weight is 171 g/mol. The molecule has 1 aliphatic heterocycles. The lowest BCUT2D eigenvalue weighted by Crippen LogP contribution is -2.33. The van der Waals surface area contributed by atoms with Crippen molar-refractivity contribution < 1.29 is 9.53 Å². The molecule has 0 aromatic rings. The van der Waals surface area contributed by atoms with Gasteiger partial charge in [-0.15, -0.1) is 0 Å². The lowest BCUT2D eigenvalue weighted by atomic mass is 9.94.